The van der Waals surface area contributed by atoms with Crippen LogP contribution in [-0.4, -0.2) is 47.5 Å². The molecule has 1 aliphatic rings. The monoisotopic (exact) mass is 285 g/mol. The molecule has 20 heavy (non-hydrogen) atoms. The van der Waals surface area contributed by atoms with E-state index in [4.69, 9.17) is 10.5 Å². The second-order valence-corrected chi connectivity index (χ2v) is 6.06. The minimum absolute atomic E-state index is 0.0398. The average Bonchev–Trinajstić information content (AvgIpc) is 2.65. The van der Waals surface area contributed by atoms with Crippen LogP contribution in [0, 0.1) is 5.92 Å². The molecule has 3 amide bonds. The minimum Gasteiger partial charge on any atom is -0.444 e. The van der Waals surface area contributed by atoms with Gasteiger partial charge in [0.05, 0.1) is 0 Å². The number of rotatable bonds is 3. The van der Waals surface area contributed by atoms with Crippen molar-refractivity contribution in [2.24, 2.45) is 11.7 Å². The smallest absolute Gasteiger partial charge is 0.408 e. The predicted octanol–water partition coefficient (Wildman–Crippen LogP) is 0.233. The first-order chi connectivity index (χ1) is 9.11. The Kier molecular flexibility index (Phi) is 4.97. The molecule has 1 fully saturated rings. The highest BCUT2D eigenvalue weighted by molar-refractivity contribution is 5.89. The van der Waals surface area contributed by atoms with E-state index in [9.17, 15) is 14.4 Å². The normalized spacial score (nSPS) is 22.5. The Morgan fingerprint density at radius 3 is 2.45 bits per heavy atom. The van der Waals surface area contributed by atoms with E-state index in [2.05, 4.69) is 5.32 Å². The summed E-state index contributed by atoms with van der Waals surface area (Å²) >= 11 is 0. The Balaban J connectivity index is 2.51. The summed E-state index contributed by atoms with van der Waals surface area (Å²) in [5, 5.41) is 2.39. The van der Waals surface area contributed by atoms with Gasteiger partial charge in [0.15, 0.2) is 0 Å². The Labute approximate surface area is 118 Å². The van der Waals surface area contributed by atoms with Gasteiger partial charge in [0.2, 0.25) is 11.8 Å². The number of hydrogen-bond donors (Lipinski definition) is 2. The third kappa shape index (κ3) is 4.40. The topological polar surface area (TPSA) is 102 Å². The van der Waals surface area contributed by atoms with E-state index in [0.29, 0.717) is 6.54 Å². The van der Waals surface area contributed by atoms with Crippen LogP contribution in [0.1, 0.15) is 34.1 Å². The highest BCUT2D eigenvalue weighted by Crippen LogP contribution is 2.23. The number of carbonyl (C=O) groups is 3. The number of likely N-dealkylation sites (tertiary alicyclic amines) is 1. The van der Waals surface area contributed by atoms with E-state index < -0.39 is 23.6 Å². The average molecular weight is 285 g/mol. The zero-order chi connectivity index (χ0) is 15.5. The standard InChI is InChI=1S/C13H23N3O4/c1-8-5-6-16(10(8)11(14)18)9(17)7-15-12(19)20-13(2,3)4/h8,10H,5-7H2,1-4H3,(H2,14,18)(H,15,19). The number of alkyl carbamates (subject to hydrolysis) is 1. The van der Waals surface area contributed by atoms with Crippen LogP contribution in [0.5, 0.6) is 0 Å². The van der Waals surface area contributed by atoms with Crippen LogP contribution in [0.3, 0.4) is 0 Å². The van der Waals surface area contributed by atoms with Crippen LogP contribution in [0.4, 0.5) is 4.79 Å². The maximum atomic E-state index is 12.0. The van der Waals surface area contributed by atoms with E-state index in [-0.39, 0.29) is 18.4 Å². The molecule has 7 nitrogen and oxygen atoms in total. The Hall–Kier alpha value is -1.79. The lowest BCUT2D eigenvalue weighted by Crippen LogP contribution is -2.49. The van der Waals surface area contributed by atoms with E-state index in [0.717, 1.165) is 6.42 Å². The number of ether oxygens (including phenoxy) is 1. The summed E-state index contributed by atoms with van der Waals surface area (Å²) < 4.78 is 5.03. The molecule has 1 saturated heterocycles. The van der Waals surface area contributed by atoms with Gasteiger partial charge < -0.3 is 20.7 Å². The van der Waals surface area contributed by atoms with Crippen LogP contribution in [0.15, 0.2) is 0 Å². The fourth-order valence-corrected chi connectivity index (χ4v) is 2.22. The van der Waals surface area contributed by atoms with Crippen LogP contribution < -0.4 is 11.1 Å². The molecule has 114 valence electrons. The van der Waals surface area contributed by atoms with Gasteiger partial charge in [0.25, 0.3) is 0 Å². The van der Waals surface area contributed by atoms with Gasteiger partial charge in [-0.25, -0.2) is 4.79 Å². The summed E-state index contributed by atoms with van der Waals surface area (Å²) in [5.74, 6) is -0.803. The number of carbonyl (C=O) groups excluding carboxylic acids is 3. The molecule has 0 aliphatic carbocycles. The van der Waals surface area contributed by atoms with Gasteiger partial charge >= 0.3 is 6.09 Å². The molecule has 1 heterocycles. The number of hydrogen-bond acceptors (Lipinski definition) is 4. The van der Waals surface area contributed by atoms with Crippen molar-refractivity contribution in [3.05, 3.63) is 0 Å². The van der Waals surface area contributed by atoms with Crippen molar-refractivity contribution in [2.45, 2.75) is 45.8 Å². The zero-order valence-corrected chi connectivity index (χ0v) is 12.4. The number of amides is 3. The van der Waals surface area contributed by atoms with Crippen molar-refractivity contribution in [2.75, 3.05) is 13.1 Å². The molecule has 3 N–H and O–H groups in total. The first-order valence-corrected chi connectivity index (χ1v) is 6.67. The van der Waals surface area contributed by atoms with Crippen molar-refractivity contribution in [1.29, 1.82) is 0 Å². The maximum absolute atomic E-state index is 12.0. The maximum Gasteiger partial charge on any atom is 0.408 e. The molecule has 0 aromatic carbocycles. The predicted molar refractivity (Wildman–Crippen MR) is 72.7 cm³/mol. The van der Waals surface area contributed by atoms with Crippen LogP contribution in [-0.2, 0) is 14.3 Å². The van der Waals surface area contributed by atoms with Gasteiger partial charge in [0, 0.05) is 6.54 Å². The molecule has 7 heteroatoms. The van der Waals surface area contributed by atoms with Gasteiger partial charge in [-0.15, -0.1) is 0 Å². The molecular weight excluding hydrogens is 262 g/mol. The lowest BCUT2D eigenvalue weighted by Gasteiger charge is -2.25. The lowest BCUT2D eigenvalue weighted by molar-refractivity contribution is -0.137. The SMILES string of the molecule is CC1CCN(C(=O)CNC(=O)OC(C)(C)C)C1C(N)=O. The summed E-state index contributed by atoms with van der Waals surface area (Å²) in [4.78, 5) is 36.3. The highest BCUT2D eigenvalue weighted by atomic mass is 16.6. The molecule has 1 aliphatic heterocycles. The number of nitrogens with one attached hydrogen (secondary N) is 1. The van der Waals surface area contributed by atoms with E-state index in [1.165, 1.54) is 4.90 Å². The number of primary amides is 1. The summed E-state index contributed by atoms with van der Waals surface area (Å²) in [6.45, 7) is 7.36. The largest absolute Gasteiger partial charge is 0.444 e. The summed E-state index contributed by atoms with van der Waals surface area (Å²) in [6.07, 6.45) is 0.0694. The van der Waals surface area contributed by atoms with Gasteiger partial charge in [-0.2, -0.15) is 0 Å². The minimum atomic E-state index is -0.659. The Bertz CT molecular complexity index is 403. The first-order valence-electron chi connectivity index (χ1n) is 6.67. The van der Waals surface area contributed by atoms with Crippen molar-refractivity contribution < 1.29 is 19.1 Å². The molecule has 2 unspecified atom stereocenters. The lowest BCUT2D eigenvalue weighted by atomic mass is 10.0. The van der Waals surface area contributed by atoms with Gasteiger partial charge in [-0.1, -0.05) is 6.92 Å². The molecule has 0 bridgehead atoms. The third-order valence-electron chi connectivity index (χ3n) is 3.09. The molecule has 0 aromatic heterocycles. The van der Waals surface area contributed by atoms with Crippen molar-refractivity contribution in [1.82, 2.24) is 10.2 Å². The van der Waals surface area contributed by atoms with Gasteiger partial charge in [-0.05, 0) is 33.1 Å². The molecule has 2 atom stereocenters. The fourth-order valence-electron chi connectivity index (χ4n) is 2.22. The molecule has 0 aromatic rings. The molecule has 1 rings (SSSR count). The highest BCUT2D eigenvalue weighted by Gasteiger charge is 2.38. The van der Waals surface area contributed by atoms with Crippen LogP contribution in [0.25, 0.3) is 0 Å². The van der Waals surface area contributed by atoms with Crippen LogP contribution >= 0.6 is 0 Å². The van der Waals surface area contributed by atoms with Crippen molar-refractivity contribution in [3.8, 4) is 0 Å². The van der Waals surface area contributed by atoms with Crippen LogP contribution in [0.2, 0.25) is 0 Å². The van der Waals surface area contributed by atoms with E-state index >= 15 is 0 Å². The third-order valence-corrected chi connectivity index (χ3v) is 3.09. The quantitative estimate of drug-likeness (QED) is 0.775. The fraction of sp³-hybridized carbons (Fsp3) is 0.769. The summed E-state index contributed by atoms with van der Waals surface area (Å²) in [6, 6.07) is -0.595. The molecule has 0 spiro atoms. The van der Waals surface area contributed by atoms with Crippen molar-refractivity contribution in [3.63, 3.8) is 0 Å². The number of nitrogens with two attached hydrogens (primary N) is 1. The number of nitrogens with zero attached hydrogens (tertiary/aromatic N) is 1. The van der Waals surface area contributed by atoms with Gasteiger partial charge in [0.1, 0.15) is 18.2 Å². The summed E-state index contributed by atoms with van der Waals surface area (Å²) in [7, 11) is 0. The summed E-state index contributed by atoms with van der Waals surface area (Å²) in [5.41, 5.74) is 4.69. The first kappa shape index (κ1) is 16.3. The van der Waals surface area contributed by atoms with E-state index in [1.54, 1.807) is 20.8 Å². The second-order valence-electron chi connectivity index (χ2n) is 6.06. The Morgan fingerprint density at radius 2 is 1.95 bits per heavy atom. The zero-order valence-electron chi connectivity index (χ0n) is 12.4. The molecule has 0 radical (unpaired) electrons. The molecule has 0 saturated carbocycles. The second kappa shape index (κ2) is 6.11. The van der Waals surface area contributed by atoms with Gasteiger partial charge in [-0.3, -0.25) is 9.59 Å². The van der Waals surface area contributed by atoms with Crippen molar-refractivity contribution >= 4 is 17.9 Å². The molecular formula is C13H23N3O4. The Morgan fingerprint density at radius 1 is 1.35 bits per heavy atom. The van der Waals surface area contributed by atoms with E-state index in [1.807, 2.05) is 6.92 Å².